The van der Waals surface area contributed by atoms with E-state index >= 15 is 0 Å². The summed E-state index contributed by atoms with van der Waals surface area (Å²) >= 11 is 8.70. The van der Waals surface area contributed by atoms with Crippen LogP contribution in [-0.2, 0) is 9.59 Å². The van der Waals surface area contributed by atoms with Crippen LogP contribution in [0.3, 0.4) is 0 Å². The van der Waals surface area contributed by atoms with Gasteiger partial charge in [0, 0.05) is 22.6 Å². The zero-order chi connectivity index (χ0) is 27.2. The second kappa shape index (κ2) is 11.9. The average molecular weight is 572 g/mol. The van der Waals surface area contributed by atoms with Crippen LogP contribution in [0.5, 0.6) is 5.75 Å². The van der Waals surface area contributed by atoms with Gasteiger partial charge in [-0.25, -0.2) is 4.99 Å². The number of halogens is 1. The Morgan fingerprint density at radius 1 is 1.21 bits per heavy atom. The monoisotopic (exact) mass is 571 g/mol. The van der Waals surface area contributed by atoms with Crippen molar-refractivity contribution in [2.45, 2.75) is 0 Å². The van der Waals surface area contributed by atoms with Crippen LogP contribution in [0.4, 0.5) is 11.4 Å². The number of benzene rings is 2. The van der Waals surface area contributed by atoms with Crippen LogP contribution in [0, 0.1) is 10.1 Å². The van der Waals surface area contributed by atoms with E-state index in [-0.39, 0.29) is 27.9 Å². The third-order valence-corrected chi connectivity index (χ3v) is 7.09. The van der Waals surface area contributed by atoms with E-state index in [9.17, 15) is 24.5 Å². The molecule has 2 aromatic carbocycles. The van der Waals surface area contributed by atoms with Crippen LogP contribution < -0.4 is 20.5 Å². The number of nitro benzene ring substituents is 1. The fourth-order valence-electron chi connectivity index (χ4n) is 3.22. The number of nitrogens with one attached hydrogen (secondary N) is 2. The Morgan fingerprint density at radius 2 is 1.97 bits per heavy atom. The minimum atomic E-state index is -0.651. The maximum absolute atomic E-state index is 13.3. The average Bonchev–Trinajstić information content (AvgIpc) is 3.53. The molecule has 1 aliphatic heterocycles. The third-order valence-electron chi connectivity index (χ3n) is 5.03. The van der Waals surface area contributed by atoms with Gasteiger partial charge >= 0.3 is 0 Å². The number of methoxy groups -OCH3 is 1. The van der Waals surface area contributed by atoms with Crippen molar-refractivity contribution in [1.82, 2.24) is 10.9 Å². The van der Waals surface area contributed by atoms with Crippen molar-refractivity contribution < 1.29 is 24.0 Å². The van der Waals surface area contributed by atoms with Crippen LogP contribution in [0.25, 0.3) is 6.08 Å². The zero-order valence-electron chi connectivity index (χ0n) is 19.5. The van der Waals surface area contributed by atoms with Crippen molar-refractivity contribution in [2.75, 3.05) is 17.8 Å². The molecule has 2 N–H and O–H groups in total. The van der Waals surface area contributed by atoms with E-state index in [1.807, 2.05) is 17.5 Å². The first kappa shape index (κ1) is 26.9. The summed E-state index contributed by atoms with van der Waals surface area (Å²) < 4.78 is 5.18. The van der Waals surface area contributed by atoms with E-state index in [4.69, 9.17) is 16.3 Å². The summed E-state index contributed by atoms with van der Waals surface area (Å²) in [5.41, 5.74) is 5.12. The quantitative estimate of drug-likeness (QED) is 0.245. The molecule has 4 rings (SSSR count). The molecule has 0 saturated carbocycles. The first-order valence-electron chi connectivity index (χ1n) is 10.7. The molecule has 0 radical (unpaired) electrons. The van der Waals surface area contributed by atoms with Gasteiger partial charge in [-0.15, -0.1) is 11.3 Å². The van der Waals surface area contributed by atoms with E-state index in [0.29, 0.717) is 16.5 Å². The second-order valence-electron chi connectivity index (χ2n) is 7.49. The molecule has 1 aromatic heterocycles. The maximum Gasteiger partial charge on any atom is 0.283 e. The normalized spacial score (nSPS) is 13.8. The predicted octanol–water partition coefficient (Wildman–Crippen LogP) is 4.26. The number of carbonyl (C=O) groups excluding carboxylic acids is 3. The Bertz CT molecular complexity index is 1460. The third kappa shape index (κ3) is 6.19. The van der Waals surface area contributed by atoms with Gasteiger partial charge in [-0.3, -0.25) is 40.2 Å². The van der Waals surface area contributed by atoms with E-state index in [1.165, 1.54) is 47.6 Å². The Morgan fingerprint density at radius 3 is 2.61 bits per heavy atom. The van der Waals surface area contributed by atoms with E-state index in [2.05, 4.69) is 15.8 Å². The van der Waals surface area contributed by atoms with Gasteiger partial charge in [0.15, 0.2) is 5.17 Å². The lowest BCUT2D eigenvalue weighted by Crippen LogP contribution is -2.43. The van der Waals surface area contributed by atoms with Crippen LogP contribution in [0.1, 0.15) is 15.2 Å². The highest BCUT2D eigenvalue weighted by Gasteiger charge is 2.33. The number of aliphatic imine (C=N–C) groups is 1. The summed E-state index contributed by atoms with van der Waals surface area (Å²) in [5, 5.41) is 13.2. The van der Waals surface area contributed by atoms with Gasteiger partial charge in [-0.2, -0.15) is 0 Å². The lowest BCUT2D eigenvalue weighted by Gasteiger charge is -2.18. The van der Waals surface area contributed by atoms with Crippen molar-refractivity contribution >= 4 is 75.0 Å². The number of nitrogens with zero attached hydrogens (tertiary/aromatic N) is 3. The summed E-state index contributed by atoms with van der Waals surface area (Å²) in [6.07, 6.45) is 1.66. The molecule has 0 bridgehead atoms. The molecular formula is C24H18ClN5O6S2. The highest BCUT2D eigenvalue weighted by Crippen LogP contribution is 2.34. The molecule has 14 heteroatoms. The SMILES string of the molecule is COc1ccc(N2C(=O)/C(=C\c3cccs3)N=C2SCC(=O)NNC(=O)c2ccc([N+](=O)[O-])cc2)cc1Cl. The van der Waals surface area contributed by atoms with Gasteiger partial charge in [0.2, 0.25) is 5.91 Å². The summed E-state index contributed by atoms with van der Waals surface area (Å²) in [7, 11) is 1.48. The molecule has 0 saturated heterocycles. The van der Waals surface area contributed by atoms with Gasteiger partial charge in [-0.1, -0.05) is 29.4 Å². The number of nitro groups is 1. The lowest BCUT2D eigenvalue weighted by atomic mass is 10.2. The Labute approximate surface area is 229 Å². The van der Waals surface area contributed by atoms with E-state index < -0.39 is 22.6 Å². The molecule has 38 heavy (non-hydrogen) atoms. The highest BCUT2D eigenvalue weighted by molar-refractivity contribution is 8.14. The number of amides is 3. The second-order valence-corrected chi connectivity index (χ2v) is 9.82. The largest absolute Gasteiger partial charge is 0.495 e. The van der Waals surface area contributed by atoms with E-state index in [0.717, 1.165) is 16.6 Å². The van der Waals surface area contributed by atoms with Gasteiger partial charge < -0.3 is 4.74 Å². The smallest absolute Gasteiger partial charge is 0.283 e. The van der Waals surface area contributed by atoms with Gasteiger partial charge in [0.25, 0.3) is 17.5 Å². The molecule has 0 fully saturated rings. The summed E-state index contributed by atoms with van der Waals surface area (Å²) in [5.74, 6) is -1.36. The van der Waals surface area contributed by atoms with Crippen LogP contribution >= 0.6 is 34.7 Å². The van der Waals surface area contributed by atoms with Crippen molar-refractivity contribution in [3.05, 3.63) is 91.3 Å². The lowest BCUT2D eigenvalue weighted by molar-refractivity contribution is -0.384. The van der Waals surface area contributed by atoms with Gasteiger partial charge in [0.05, 0.1) is 28.5 Å². The first-order valence-corrected chi connectivity index (χ1v) is 13.0. The Kier molecular flexibility index (Phi) is 8.41. The van der Waals surface area contributed by atoms with Gasteiger partial charge in [-0.05, 0) is 47.9 Å². The number of hydrogen-bond acceptors (Lipinski definition) is 9. The number of ether oxygens (including phenoxy) is 1. The zero-order valence-corrected chi connectivity index (χ0v) is 21.9. The summed E-state index contributed by atoms with van der Waals surface area (Å²) in [4.78, 5) is 54.7. The molecule has 2 heterocycles. The Hall–Kier alpha value is -4.20. The van der Waals surface area contributed by atoms with Crippen molar-refractivity contribution in [3.63, 3.8) is 0 Å². The van der Waals surface area contributed by atoms with E-state index in [1.54, 1.807) is 24.3 Å². The number of anilines is 1. The summed E-state index contributed by atoms with van der Waals surface area (Å²) in [6.45, 7) is 0. The van der Waals surface area contributed by atoms with Gasteiger partial charge in [0.1, 0.15) is 11.4 Å². The molecule has 11 nitrogen and oxygen atoms in total. The molecule has 0 atom stereocenters. The minimum absolute atomic E-state index is 0.125. The molecular weight excluding hydrogens is 554 g/mol. The van der Waals surface area contributed by atoms with Crippen molar-refractivity contribution in [1.29, 1.82) is 0 Å². The number of hydrazine groups is 1. The number of carbonyl (C=O) groups is 3. The molecule has 194 valence electrons. The number of thiophene rings is 1. The van der Waals surface area contributed by atoms with Crippen molar-refractivity contribution in [3.8, 4) is 5.75 Å². The number of hydrogen-bond donors (Lipinski definition) is 2. The van der Waals surface area contributed by atoms with Crippen LogP contribution in [-0.4, -0.2) is 40.7 Å². The standard InChI is InChI=1S/C24H18ClN5O6S2/c1-36-20-9-8-16(11-18(20)25)29-23(33)19(12-17-3-2-10-37-17)26-24(29)38-13-21(31)27-28-22(32)14-4-6-15(7-5-14)30(34)35/h2-12H,13H2,1H3,(H,27,31)(H,28,32)/b19-12+. The molecule has 0 unspecified atom stereocenters. The number of rotatable bonds is 7. The fraction of sp³-hybridized carbons (Fsp3) is 0.0833. The van der Waals surface area contributed by atoms with Crippen LogP contribution in [0.2, 0.25) is 5.02 Å². The molecule has 3 amide bonds. The topological polar surface area (TPSA) is 143 Å². The van der Waals surface area contributed by atoms with Crippen LogP contribution in [0.15, 0.2) is 70.7 Å². The molecule has 0 aliphatic carbocycles. The predicted molar refractivity (Wildman–Crippen MR) is 146 cm³/mol. The maximum atomic E-state index is 13.3. The summed E-state index contributed by atoms with van der Waals surface area (Å²) in [6, 6.07) is 13.4. The van der Waals surface area contributed by atoms with Crippen molar-refractivity contribution in [2.24, 2.45) is 4.99 Å². The highest BCUT2D eigenvalue weighted by atomic mass is 35.5. The minimum Gasteiger partial charge on any atom is -0.495 e. The first-order chi connectivity index (χ1) is 18.3. The molecule has 0 spiro atoms. The number of thioether (sulfide) groups is 1. The number of non-ortho nitro benzene ring substituents is 1. The number of amidine groups is 1. The molecule has 1 aliphatic rings. The Balaban J connectivity index is 1.45. The fourth-order valence-corrected chi connectivity index (χ4v) is 4.94. The molecule has 3 aromatic rings.